The molecule has 8 heavy (non-hydrogen) atoms. The first-order valence-corrected chi connectivity index (χ1v) is 2.98. The summed E-state index contributed by atoms with van der Waals surface area (Å²) in [5.74, 6) is 0. The van der Waals surface area contributed by atoms with Gasteiger partial charge in [-0.05, 0) is 28.1 Å². The number of nitrogens with one attached hydrogen (secondary N) is 1. The van der Waals surface area contributed by atoms with Gasteiger partial charge in [-0.15, -0.1) is 0 Å². The molecule has 2 heteroatoms. The van der Waals surface area contributed by atoms with Gasteiger partial charge in [-0.2, -0.15) is 0 Å². The summed E-state index contributed by atoms with van der Waals surface area (Å²) in [6, 6.07) is 0.602. The smallest absolute Gasteiger partial charge is 0.0163 e. The molecule has 0 aromatic carbocycles. The van der Waals surface area contributed by atoms with E-state index in [1.54, 1.807) is 0 Å². The van der Waals surface area contributed by atoms with E-state index in [2.05, 4.69) is 31.2 Å². The van der Waals surface area contributed by atoms with E-state index >= 15 is 0 Å². The second-order valence-corrected chi connectivity index (χ2v) is 2.45. The van der Waals surface area contributed by atoms with E-state index in [4.69, 9.17) is 0 Å². The van der Waals surface area contributed by atoms with Crippen molar-refractivity contribution in [2.24, 2.45) is 0 Å². The number of nitrogens with zero attached hydrogens (tertiary/aromatic N) is 1. The van der Waals surface area contributed by atoms with Crippen LogP contribution in [-0.2, 0) is 0 Å². The van der Waals surface area contributed by atoms with E-state index in [0.29, 0.717) is 6.04 Å². The standard InChI is InChI=1S/C6H16N2.H2/c1-6(7-2)5-8(3)4;/h6-7H,5H2,1-4H3;1H/t6-;/m1./s1. The van der Waals surface area contributed by atoms with Crippen molar-refractivity contribution in [1.82, 2.24) is 10.2 Å². The van der Waals surface area contributed by atoms with Crippen molar-refractivity contribution >= 4 is 0 Å². The van der Waals surface area contributed by atoms with E-state index in [-0.39, 0.29) is 1.43 Å². The molecule has 0 heterocycles. The van der Waals surface area contributed by atoms with Crippen molar-refractivity contribution in [1.29, 1.82) is 0 Å². The second-order valence-electron chi connectivity index (χ2n) is 2.45. The average Bonchev–Trinajstić information content (AvgIpc) is 1.65. The molecule has 0 amide bonds. The van der Waals surface area contributed by atoms with Crippen LogP contribution in [0.2, 0.25) is 0 Å². The summed E-state index contributed by atoms with van der Waals surface area (Å²) in [4.78, 5) is 2.17. The van der Waals surface area contributed by atoms with E-state index in [9.17, 15) is 0 Å². The van der Waals surface area contributed by atoms with Gasteiger partial charge in [0.15, 0.2) is 0 Å². The first kappa shape index (κ1) is 7.92. The Labute approximate surface area is 53.4 Å². The maximum Gasteiger partial charge on any atom is 0.0163 e. The highest BCUT2D eigenvalue weighted by atomic mass is 15.1. The SMILES string of the molecule is CN[C@H](C)CN(C)C.[HH]. The van der Waals surface area contributed by atoms with Gasteiger partial charge in [0, 0.05) is 14.0 Å². The lowest BCUT2D eigenvalue weighted by Crippen LogP contribution is -2.33. The van der Waals surface area contributed by atoms with Gasteiger partial charge < -0.3 is 10.2 Å². The molecule has 0 aromatic rings. The predicted molar refractivity (Wildman–Crippen MR) is 39.2 cm³/mol. The summed E-state index contributed by atoms with van der Waals surface area (Å²) in [5, 5.41) is 3.15. The summed E-state index contributed by atoms with van der Waals surface area (Å²) in [5.41, 5.74) is 0. The third kappa shape index (κ3) is 4.09. The number of hydrogen-bond donors (Lipinski definition) is 1. The number of rotatable bonds is 3. The highest BCUT2D eigenvalue weighted by Crippen LogP contribution is 1.80. The fourth-order valence-corrected chi connectivity index (χ4v) is 0.639. The first-order chi connectivity index (χ1) is 3.66. The quantitative estimate of drug-likeness (QED) is 0.577. The zero-order chi connectivity index (χ0) is 6.57. The molecule has 0 aliphatic heterocycles. The second kappa shape index (κ2) is 3.87. The van der Waals surface area contributed by atoms with Crippen molar-refractivity contribution in [2.45, 2.75) is 13.0 Å². The normalized spacial score (nSPS) is 14.6. The third-order valence-electron chi connectivity index (χ3n) is 1.13. The number of likely N-dealkylation sites (N-methyl/N-ethyl adjacent to an activating group) is 2. The average molecular weight is 118 g/mol. The van der Waals surface area contributed by atoms with Crippen LogP contribution >= 0.6 is 0 Å². The summed E-state index contributed by atoms with van der Waals surface area (Å²) in [6.45, 7) is 3.27. The van der Waals surface area contributed by atoms with Crippen LogP contribution in [0.15, 0.2) is 0 Å². The van der Waals surface area contributed by atoms with Gasteiger partial charge in [-0.3, -0.25) is 0 Å². The topological polar surface area (TPSA) is 15.3 Å². The van der Waals surface area contributed by atoms with Crippen LogP contribution in [0.5, 0.6) is 0 Å². The molecule has 2 nitrogen and oxygen atoms in total. The fourth-order valence-electron chi connectivity index (χ4n) is 0.639. The van der Waals surface area contributed by atoms with Crippen molar-refractivity contribution in [3.05, 3.63) is 0 Å². The summed E-state index contributed by atoms with van der Waals surface area (Å²) < 4.78 is 0. The Bertz CT molecular complexity index is 57.0. The van der Waals surface area contributed by atoms with Crippen LogP contribution in [0, 0.1) is 0 Å². The molecule has 0 saturated heterocycles. The third-order valence-corrected chi connectivity index (χ3v) is 1.13. The highest BCUT2D eigenvalue weighted by Gasteiger charge is 1.96. The molecule has 0 rings (SSSR count). The van der Waals surface area contributed by atoms with Crippen LogP contribution in [0.3, 0.4) is 0 Å². The van der Waals surface area contributed by atoms with Gasteiger partial charge in [0.1, 0.15) is 0 Å². The maximum atomic E-state index is 3.15. The van der Waals surface area contributed by atoms with Gasteiger partial charge in [0.25, 0.3) is 0 Å². The van der Waals surface area contributed by atoms with Gasteiger partial charge in [0.05, 0.1) is 0 Å². The van der Waals surface area contributed by atoms with Crippen molar-refractivity contribution in [2.75, 3.05) is 27.7 Å². The lowest BCUT2D eigenvalue weighted by Gasteiger charge is -2.15. The molecule has 1 N–H and O–H groups in total. The Morgan fingerprint density at radius 1 is 1.62 bits per heavy atom. The van der Waals surface area contributed by atoms with Crippen molar-refractivity contribution in [3.63, 3.8) is 0 Å². The summed E-state index contributed by atoms with van der Waals surface area (Å²) >= 11 is 0. The lowest BCUT2D eigenvalue weighted by molar-refractivity contribution is 0.360. The minimum Gasteiger partial charge on any atom is -0.316 e. The first-order valence-electron chi connectivity index (χ1n) is 2.98. The molecule has 52 valence electrons. The largest absolute Gasteiger partial charge is 0.316 e. The molecule has 0 unspecified atom stereocenters. The van der Waals surface area contributed by atoms with Gasteiger partial charge in [-0.1, -0.05) is 0 Å². The van der Waals surface area contributed by atoms with Gasteiger partial charge >= 0.3 is 0 Å². The zero-order valence-electron chi connectivity index (χ0n) is 6.23. The molecule has 0 aliphatic carbocycles. The Balaban J connectivity index is 0. The molecule has 0 bridgehead atoms. The van der Waals surface area contributed by atoms with Crippen LogP contribution in [0.1, 0.15) is 8.35 Å². The molecule has 0 aromatic heterocycles. The van der Waals surface area contributed by atoms with Crippen molar-refractivity contribution < 1.29 is 1.43 Å². The summed E-state index contributed by atoms with van der Waals surface area (Å²) in [7, 11) is 6.13. The Kier molecular flexibility index (Phi) is 3.83. The predicted octanol–water partition coefficient (Wildman–Crippen LogP) is 0.402. The minimum absolute atomic E-state index is 0. The number of hydrogen-bond acceptors (Lipinski definition) is 2. The fraction of sp³-hybridized carbons (Fsp3) is 1.00. The summed E-state index contributed by atoms with van der Waals surface area (Å²) in [6.07, 6.45) is 0. The van der Waals surface area contributed by atoms with E-state index in [0.717, 1.165) is 6.54 Å². The molecule has 0 spiro atoms. The molecular formula is C6H18N2. The van der Waals surface area contributed by atoms with Gasteiger partial charge in [-0.25, -0.2) is 0 Å². The molecule has 0 radical (unpaired) electrons. The van der Waals surface area contributed by atoms with Crippen LogP contribution in [0.25, 0.3) is 0 Å². The van der Waals surface area contributed by atoms with Crippen LogP contribution in [0.4, 0.5) is 0 Å². The molecule has 0 fully saturated rings. The van der Waals surface area contributed by atoms with E-state index in [1.807, 2.05) is 7.05 Å². The van der Waals surface area contributed by atoms with Crippen LogP contribution < -0.4 is 5.32 Å². The Morgan fingerprint density at radius 3 is 2.25 bits per heavy atom. The highest BCUT2D eigenvalue weighted by molar-refractivity contribution is 4.58. The van der Waals surface area contributed by atoms with E-state index in [1.165, 1.54) is 0 Å². The zero-order valence-corrected chi connectivity index (χ0v) is 6.23. The maximum absolute atomic E-state index is 3.15. The molecule has 0 aliphatic rings. The minimum atomic E-state index is 0. The molecule has 0 saturated carbocycles. The van der Waals surface area contributed by atoms with Crippen LogP contribution in [-0.4, -0.2) is 38.6 Å². The molecular weight excluding hydrogens is 100 g/mol. The monoisotopic (exact) mass is 118 g/mol. The molecule has 1 atom stereocenters. The van der Waals surface area contributed by atoms with E-state index < -0.39 is 0 Å². The van der Waals surface area contributed by atoms with Crippen molar-refractivity contribution in [3.8, 4) is 0 Å². The Morgan fingerprint density at radius 2 is 2.12 bits per heavy atom. The Hall–Kier alpha value is -0.0800. The lowest BCUT2D eigenvalue weighted by atomic mass is 10.3. The van der Waals surface area contributed by atoms with Gasteiger partial charge in [0.2, 0.25) is 0 Å².